The predicted molar refractivity (Wildman–Crippen MR) is 90.7 cm³/mol. The SMILES string of the molecule is COc1ccc(-c2nc3ccc(C)cn3c2C(C)C#N)cc1C. The summed E-state index contributed by atoms with van der Waals surface area (Å²) in [5.74, 6) is 0.604. The lowest BCUT2D eigenvalue weighted by molar-refractivity contribution is 0.412. The molecule has 3 aromatic rings. The zero-order valence-corrected chi connectivity index (χ0v) is 13.8. The average molecular weight is 305 g/mol. The Morgan fingerprint density at radius 3 is 2.65 bits per heavy atom. The van der Waals surface area contributed by atoms with Crippen LogP contribution in [0.4, 0.5) is 0 Å². The zero-order valence-electron chi connectivity index (χ0n) is 13.8. The number of hydrogen-bond acceptors (Lipinski definition) is 3. The first-order valence-electron chi connectivity index (χ1n) is 7.58. The van der Waals surface area contributed by atoms with E-state index in [2.05, 4.69) is 12.1 Å². The number of pyridine rings is 1. The predicted octanol–water partition coefficient (Wildman–Crippen LogP) is 4.25. The molecular weight excluding hydrogens is 286 g/mol. The molecule has 2 aromatic heterocycles. The van der Waals surface area contributed by atoms with Gasteiger partial charge in [-0.05, 0) is 56.2 Å². The van der Waals surface area contributed by atoms with Crippen LogP contribution in [-0.2, 0) is 0 Å². The van der Waals surface area contributed by atoms with E-state index in [1.54, 1.807) is 7.11 Å². The number of ether oxygens (including phenoxy) is 1. The van der Waals surface area contributed by atoms with Gasteiger partial charge in [0.2, 0.25) is 0 Å². The largest absolute Gasteiger partial charge is 0.496 e. The van der Waals surface area contributed by atoms with Crippen LogP contribution in [0.1, 0.15) is 29.7 Å². The molecule has 1 atom stereocenters. The molecular formula is C19H19N3O. The number of nitriles is 1. The van der Waals surface area contributed by atoms with Crippen molar-refractivity contribution in [3.63, 3.8) is 0 Å². The number of hydrogen-bond donors (Lipinski definition) is 0. The summed E-state index contributed by atoms with van der Waals surface area (Å²) in [4.78, 5) is 4.76. The summed E-state index contributed by atoms with van der Waals surface area (Å²) in [6.45, 7) is 5.96. The summed E-state index contributed by atoms with van der Waals surface area (Å²) in [7, 11) is 1.67. The molecule has 0 amide bonds. The van der Waals surface area contributed by atoms with Gasteiger partial charge in [-0.25, -0.2) is 4.98 Å². The molecule has 3 rings (SSSR count). The van der Waals surface area contributed by atoms with E-state index in [1.165, 1.54) is 0 Å². The van der Waals surface area contributed by atoms with E-state index in [0.717, 1.165) is 39.5 Å². The van der Waals surface area contributed by atoms with Crippen LogP contribution < -0.4 is 4.74 Å². The Kier molecular flexibility index (Phi) is 3.79. The monoisotopic (exact) mass is 305 g/mol. The molecule has 0 aliphatic heterocycles. The molecule has 1 unspecified atom stereocenters. The highest BCUT2D eigenvalue weighted by Gasteiger charge is 2.19. The highest BCUT2D eigenvalue weighted by molar-refractivity contribution is 5.69. The van der Waals surface area contributed by atoms with E-state index in [9.17, 15) is 5.26 Å². The molecule has 1 aromatic carbocycles. The van der Waals surface area contributed by atoms with E-state index >= 15 is 0 Å². The molecule has 0 radical (unpaired) electrons. The normalized spacial score (nSPS) is 12.1. The van der Waals surface area contributed by atoms with Crippen molar-refractivity contribution in [2.75, 3.05) is 7.11 Å². The molecule has 4 nitrogen and oxygen atoms in total. The molecule has 0 saturated carbocycles. The summed E-state index contributed by atoms with van der Waals surface area (Å²) < 4.78 is 7.36. The summed E-state index contributed by atoms with van der Waals surface area (Å²) in [6.07, 6.45) is 2.03. The molecule has 0 saturated heterocycles. The minimum Gasteiger partial charge on any atom is -0.496 e. The molecule has 23 heavy (non-hydrogen) atoms. The Balaban J connectivity index is 2.28. The van der Waals surface area contributed by atoms with Gasteiger partial charge in [0.25, 0.3) is 0 Å². The van der Waals surface area contributed by atoms with Crippen molar-refractivity contribution < 1.29 is 4.74 Å². The van der Waals surface area contributed by atoms with Crippen LogP contribution in [0.3, 0.4) is 0 Å². The Bertz CT molecular complexity index is 918. The number of fused-ring (bicyclic) bond motifs is 1. The van der Waals surface area contributed by atoms with Gasteiger partial charge in [0.05, 0.1) is 30.5 Å². The summed E-state index contributed by atoms with van der Waals surface area (Å²) >= 11 is 0. The van der Waals surface area contributed by atoms with Crippen LogP contribution in [0.2, 0.25) is 0 Å². The maximum absolute atomic E-state index is 9.43. The van der Waals surface area contributed by atoms with Crippen molar-refractivity contribution in [3.8, 4) is 23.1 Å². The first kappa shape index (κ1) is 15.1. The Morgan fingerprint density at radius 2 is 2.00 bits per heavy atom. The van der Waals surface area contributed by atoms with Crippen LogP contribution >= 0.6 is 0 Å². The van der Waals surface area contributed by atoms with Crippen LogP contribution in [0.25, 0.3) is 16.9 Å². The van der Waals surface area contributed by atoms with Gasteiger partial charge in [-0.1, -0.05) is 6.07 Å². The fourth-order valence-electron chi connectivity index (χ4n) is 2.88. The van der Waals surface area contributed by atoms with Gasteiger partial charge in [0.15, 0.2) is 0 Å². The number of methoxy groups -OCH3 is 1. The molecule has 116 valence electrons. The lowest BCUT2D eigenvalue weighted by Gasteiger charge is -2.09. The molecule has 4 heteroatoms. The van der Waals surface area contributed by atoms with Crippen LogP contribution in [0, 0.1) is 25.2 Å². The Labute approximate surface area is 136 Å². The van der Waals surface area contributed by atoms with Crippen LogP contribution in [0.15, 0.2) is 36.5 Å². The maximum Gasteiger partial charge on any atom is 0.137 e. The molecule has 0 bridgehead atoms. The quantitative estimate of drug-likeness (QED) is 0.726. The Morgan fingerprint density at radius 1 is 1.22 bits per heavy atom. The van der Waals surface area contributed by atoms with Gasteiger partial charge in [-0.3, -0.25) is 0 Å². The lowest BCUT2D eigenvalue weighted by Crippen LogP contribution is -1.99. The molecule has 2 heterocycles. The average Bonchev–Trinajstić information content (AvgIpc) is 2.92. The van der Waals surface area contributed by atoms with Crippen molar-refractivity contribution in [3.05, 3.63) is 53.3 Å². The van der Waals surface area contributed by atoms with E-state index in [1.807, 2.05) is 55.6 Å². The molecule has 0 fully saturated rings. The second-order valence-electron chi connectivity index (χ2n) is 5.82. The topological polar surface area (TPSA) is 50.3 Å². The highest BCUT2D eigenvalue weighted by Crippen LogP contribution is 2.32. The van der Waals surface area contributed by atoms with Gasteiger partial charge in [0, 0.05) is 11.8 Å². The standard InChI is InChI=1S/C19H19N3O/c1-12-5-8-17-21-18(19(14(3)10-20)22(17)11-12)15-6-7-16(23-4)13(2)9-15/h5-9,11,14H,1-4H3. The van der Waals surface area contributed by atoms with Crippen molar-refractivity contribution in [2.24, 2.45) is 0 Å². The highest BCUT2D eigenvalue weighted by atomic mass is 16.5. The summed E-state index contributed by atoms with van der Waals surface area (Å²) in [5.41, 5.74) is 5.83. The second-order valence-corrected chi connectivity index (χ2v) is 5.82. The smallest absolute Gasteiger partial charge is 0.137 e. The third kappa shape index (κ3) is 2.55. The van der Waals surface area contributed by atoms with Crippen LogP contribution in [0.5, 0.6) is 5.75 Å². The van der Waals surface area contributed by atoms with Crippen LogP contribution in [-0.4, -0.2) is 16.5 Å². The van der Waals surface area contributed by atoms with Gasteiger partial charge in [-0.15, -0.1) is 0 Å². The van der Waals surface area contributed by atoms with Crippen molar-refractivity contribution in [2.45, 2.75) is 26.7 Å². The number of aryl methyl sites for hydroxylation is 2. The first-order valence-corrected chi connectivity index (χ1v) is 7.58. The first-order chi connectivity index (χ1) is 11.0. The van der Waals surface area contributed by atoms with Crippen molar-refractivity contribution in [1.82, 2.24) is 9.38 Å². The van der Waals surface area contributed by atoms with Gasteiger partial charge in [0.1, 0.15) is 11.4 Å². The molecule has 0 aliphatic rings. The summed E-state index contributed by atoms with van der Waals surface area (Å²) in [6, 6.07) is 12.4. The minimum absolute atomic E-state index is 0.246. The lowest BCUT2D eigenvalue weighted by atomic mass is 10.0. The third-order valence-corrected chi connectivity index (χ3v) is 4.08. The summed E-state index contributed by atoms with van der Waals surface area (Å²) in [5, 5.41) is 9.43. The second kappa shape index (κ2) is 5.77. The van der Waals surface area contributed by atoms with E-state index in [0.29, 0.717) is 0 Å². The number of nitrogens with zero attached hydrogens (tertiary/aromatic N) is 3. The van der Waals surface area contributed by atoms with Gasteiger partial charge >= 0.3 is 0 Å². The fourth-order valence-corrected chi connectivity index (χ4v) is 2.88. The fraction of sp³-hybridized carbons (Fsp3) is 0.263. The number of benzene rings is 1. The van der Waals surface area contributed by atoms with Crippen molar-refractivity contribution >= 4 is 5.65 Å². The molecule has 0 aliphatic carbocycles. The Hall–Kier alpha value is -2.80. The van der Waals surface area contributed by atoms with E-state index in [-0.39, 0.29) is 5.92 Å². The molecule has 0 N–H and O–H groups in total. The number of imidazole rings is 1. The van der Waals surface area contributed by atoms with E-state index < -0.39 is 0 Å². The van der Waals surface area contributed by atoms with Gasteiger partial charge < -0.3 is 9.14 Å². The van der Waals surface area contributed by atoms with Crippen molar-refractivity contribution in [1.29, 1.82) is 5.26 Å². The maximum atomic E-state index is 9.43. The number of rotatable bonds is 3. The minimum atomic E-state index is -0.246. The third-order valence-electron chi connectivity index (χ3n) is 4.08. The van der Waals surface area contributed by atoms with E-state index in [4.69, 9.17) is 9.72 Å². The number of aromatic nitrogens is 2. The zero-order chi connectivity index (χ0) is 16.6. The molecule has 0 spiro atoms. The van der Waals surface area contributed by atoms with Gasteiger partial charge in [-0.2, -0.15) is 5.26 Å².